The largest absolute Gasteiger partial charge is 0.424 e. The van der Waals surface area contributed by atoms with Crippen molar-refractivity contribution in [2.75, 3.05) is 5.06 Å². The highest BCUT2D eigenvalue weighted by atomic mass is 16.8. The van der Waals surface area contributed by atoms with E-state index in [1.54, 1.807) is 11.1 Å². The van der Waals surface area contributed by atoms with Gasteiger partial charge in [0.2, 0.25) is 0 Å². The highest BCUT2D eigenvalue weighted by Gasteiger charge is 2.52. The summed E-state index contributed by atoms with van der Waals surface area (Å²) in [7, 11) is 0. The summed E-state index contributed by atoms with van der Waals surface area (Å²) in [5.74, 6) is -1.74. The number of esters is 1. The van der Waals surface area contributed by atoms with Gasteiger partial charge in [0, 0.05) is 18.1 Å². The summed E-state index contributed by atoms with van der Waals surface area (Å²) in [5.41, 5.74) is 2.43. The van der Waals surface area contributed by atoms with E-state index in [4.69, 9.17) is 9.57 Å². The van der Waals surface area contributed by atoms with E-state index in [9.17, 15) is 9.59 Å². The number of carbonyl (C=O) groups excluding carboxylic acids is 2. The van der Waals surface area contributed by atoms with Gasteiger partial charge >= 0.3 is 5.97 Å². The number of hydrogen-bond donors (Lipinski definition) is 0. The van der Waals surface area contributed by atoms with Gasteiger partial charge in [-0.1, -0.05) is 48.0 Å². The molecule has 2 aromatic carbocycles. The van der Waals surface area contributed by atoms with Gasteiger partial charge in [0.25, 0.3) is 5.79 Å². The number of para-hydroxylation sites is 1. The fourth-order valence-corrected chi connectivity index (χ4v) is 3.13. The Morgan fingerprint density at radius 1 is 1.12 bits per heavy atom. The van der Waals surface area contributed by atoms with E-state index in [-0.39, 0.29) is 12.2 Å². The molecule has 126 valence electrons. The lowest BCUT2D eigenvalue weighted by molar-refractivity contribution is -0.184. The van der Waals surface area contributed by atoms with E-state index >= 15 is 0 Å². The van der Waals surface area contributed by atoms with Gasteiger partial charge in [0.05, 0.1) is 5.69 Å². The molecular weight excluding hydrogens is 318 g/mol. The number of carbonyl (C=O) groups is 2. The lowest BCUT2D eigenvalue weighted by Crippen LogP contribution is -2.35. The SMILES string of the molecule is Cc1ccc(C(=O)[C@@H]2C[C@]3(C=CC(=O)O3)ON2c2ccccc2)cc1. The third-order valence-electron chi connectivity index (χ3n) is 4.41. The van der Waals surface area contributed by atoms with Gasteiger partial charge in [-0.25, -0.2) is 14.7 Å². The molecule has 0 aliphatic carbocycles. The van der Waals surface area contributed by atoms with Gasteiger partial charge in [-0.15, -0.1) is 0 Å². The predicted octanol–water partition coefficient (Wildman–Crippen LogP) is 3.20. The minimum atomic E-state index is -1.21. The summed E-state index contributed by atoms with van der Waals surface area (Å²) >= 11 is 0. The molecule has 2 aliphatic heterocycles. The zero-order chi connectivity index (χ0) is 17.4. The molecule has 0 amide bonds. The second-order valence-electron chi connectivity index (χ2n) is 6.27. The molecule has 4 rings (SSSR count). The van der Waals surface area contributed by atoms with Crippen molar-refractivity contribution < 1.29 is 19.2 Å². The maximum absolute atomic E-state index is 13.1. The van der Waals surface area contributed by atoms with Crippen molar-refractivity contribution in [3.63, 3.8) is 0 Å². The Morgan fingerprint density at radius 2 is 1.84 bits per heavy atom. The van der Waals surface area contributed by atoms with Crippen LogP contribution in [0.1, 0.15) is 22.3 Å². The summed E-state index contributed by atoms with van der Waals surface area (Å²) in [4.78, 5) is 30.5. The molecule has 1 spiro atoms. The molecule has 0 radical (unpaired) electrons. The molecule has 2 aromatic rings. The molecule has 2 atom stereocenters. The zero-order valence-electron chi connectivity index (χ0n) is 13.7. The van der Waals surface area contributed by atoms with Crippen LogP contribution in [0.25, 0.3) is 0 Å². The number of ketones is 1. The molecule has 1 fully saturated rings. The van der Waals surface area contributed by atoms with Gasteiger partial charge in [-0.2, -0.15) is 0 Å². The summed E-state index contributed by atoms with van der Waals surface area (Å²) in [6.07, 6.45) is 3.16. The van der Waals surface area contributed by atoms with Crippen molar-refractivity contribution in [2.24, 2.45) is 0 Å². The number of Topliss-reactive ketones (excluding diaryl/α,β-unsaturated/α-hetero) is 1. The molecule has 5 heteroatoms. The molecule has 1 saturated heterocycles. The van der Waals surface area contributed by atoms with E-state index in [0.717, 1.165) is 11.3 Å². The lowest BCUT2D eigenvalue weighted by atomic mass is 9.97. The van der Waals surface area contributed by atoms with Crippen LogP contribution in [0.2, 0.25) is 0 Å². The molecule has 0 saturated carbocycles. The highest BCUT2D eigenvalue weighted by Crippen LogP contribution is 2.40. The van der Waals surface area contributed by atoms with Gasteiger partial charge in [0.1, 0.15) is 6.04 Å². The second-order valence-corrected chi connectivity index (χ2v) is 6.27. The zero-order valence-corrected chi connectivity index (χ0v) is 13.7. The standard InChI is InChI=1S/C20H17NO4/c1-14-7-9-15(10-8-14)19(23)17-13-20(12-11-18(22)24-20)25-21(17)16-5-3-2-4-6-16/h2-12,17H,13H2,1H3/t17-,20-/m0/s1. The minimum Gasteiger partial charge on any atom is -0.424 e. The summed E-state index contributed by atoms with van der Waals surface area (Å²) < 4.78 is 5.33. The normalized spacial score (nSPS) is 24.8. The van der Waals surface area contributed by atoms with E-state index in [1.807, 2.05) is 61.5 Å². The van der Waals surface area contributed by atoms with Crippen molar-refractivity contribution in [1.82, 2.24) is 0 Å². The van der Waals surface area contributed by atoms with Gasteiger partial charge in [0.15, 0.2) is 5.78 Å². The average Bonchev–Trinajstić information content (AvgIpc) is 3.19. The van der Waals surface area contributed by atoms with E-state index in [1.165, 1.54) is 6.08 Å². The lowest BCUT2D eigenvalue weighted by Gasteiger charge is -2.24. The number of anilines is 1. The van der Waals surface area contributed by atoms with E-state index in [2.05, 4.69) is 0 Å². The van der Waals surface area contributed by atoms with Crippen LogP contribution in [0.5, 0.6) is 0 Å². The number of nitrogens with zero attached hydrogens (tertiary/aromatic N) is 1. The first kappa shape index (κ1) is 15.6. The number of hydroxylamine groups is 1. The van der Waals surface area contributed by atoms with Crippen LogP contribution in [0.3, 0.4) is 0 Å². The molecule has 0 aromatic heterocycles. The molecule has 2 heterocycles. The maximum Gasteiger partial charge on any atom is 0.333 e. The number of hydrogen-bond acceptors (Lipinski definition) is 5. The predicted molar refractivity (Wildman–Crippen MR) is 91.9 cm³/mol. The first-order valence-electron chi connectivity index (χ1n) is 8.13. The monoisotopic (exact) mass is 335 g/mol. The molecule has 5 nitrogen and oxygen atoms in total. The van der Waals surface area contributed by atoms with Crippen LogP contribution >= 0.6 is 0 Å². The summed E-state index contributed by atoms with van der Waals surface area (Å²) in [5, 5.41) is 1.55. The van der Waals surface area contributed by atoms with Gasteiger partial charge < -0.3 is 4.74 Å². The average molecular weight is 335 g/mol. The van der Waals surface area contributed by atoms with E-state index < -0.39 is 17.8 Å². The number of aryl methyl sites for hydroxylation is 1. The van der Waals surface area contributed by atoms with Gasteiger partial charge in [-0.05, 0) is 25.1 Å². The van der Waals surface area contributed by atoms with Crippen molar-refractivity contribution in [1.29, 1.82) is 0 Å². The molecule has 2 aliphatic rings. The smallest absolute Gasteiger partial charge is 0.333 e. The molecule has 0 bridgehead atoms. The fourth-order valence-electron chi connectivity index (χ4n) is 3.13. The Kier molecular flexibility index (Phi) is 3.66. The van der Waals surface area contributed by atoms with Crippen LogP contribution < -0.4 is 5.06 Å². The Bertz CT molecular complexity index is 844. The van der Waals surface area contributed by atoms with E-state index in [0.29, 0.717) is 5.56 Å². The van der Waals surface area contributed by atoms with Crippen LogP contribution in [0.15, 0.2) is 66.7 Å². The van der Waals surface area contributed by atoms with Crippen molar-refractivity contribution in [2.45, 2.75) is 25.2 Å². The first-order valence-corrected chi connectivity index (χ1v) is 8.13. The number of benzene rings is 2. The van der Waals surface area contributed by atoms with Crippen molar-refractivity contribution >= 4 is 17.4 Å². The molecule has 0 N–H and O–H groups in total. The third-order valence-corrected chi connectivity index (χ3v) is 4.41. The second kappa shape index (κ2) is 5.86. The van der Waals surface area contributed by atoms with Crippen LogP contribution in [-0.2, 0) is 14.4 Å². The quantitative estimate of drug-likeness (QED) is 0.637. The summed E-state index contributed by atoms with van der Waals surface area (Å²) in [6, 6.07) is 16.2. The Labute approximate surface area is 145 Å². The van der Waals surface area contributed by atoms with Crippen molar-refractivity contribution in [3.05, 3.63) is 77.9 Å². The highest BCUT2D eigenvalue weighted by molar-refractivity contribution is 6.02. The summed E-state index contributed by atoms with van der Waals surface area (Å²) in [6.45, 7) is 1.97. The number of ether oxygens (including phenoxy) is 1. The number of rotatable bonds is 3. The minimum absolute atomic E-state index is 0.0722. The van der Waals surface area contributed by atoms with Crippen molar-refractivity contribution in [3.8, 4) is 0 Å². The fraction of sp³-hybridized carbons (Fsp3) is 0.200. The van der Waals surface area contributed by atoms with Crippen LogP contribution in [-0.4, -0.2) is 23.6 Å². The molecule has 0 unspecified atom stereocenters. The Balaban J connectivity index is 1.70. The Hall–Kier alpha value is -2.92. The molecule has 25 heavy (non-hydrogen) atoms. The molecular formula is C20H17NO4. The van der Waals surface area contributed by atoms with Crippen LogP contribution in [0.4, 0.5) is 5.69 Å². The Morgan fingerprint density at radius 3 is 2.48 bits per heavy atom. The van der Waals surface area contributed by atoms with Gasteiger partial charge in [-0.3, -0.25) is 4.79 Å². The van der Waals surface area contributed by atoms with Crippen LogP contribution in [0, 0.1) is 6.92 Å². The maximum atomic E-state index is 13.1. The third kappa shape index (κ3) is 2.83. The first-order chi connectivity index (χ1) is 12.1. The topological polar surface area (TPSA) is 55.8 Å².